The van der Waals surface area contributed by atoms with Gasteiger partial charge in [0.25, 0.3) is 5.92 Å². The molecular weight excluding hydrogens is 598 g/mol. The van der Waals surface area contributed by atoms with Crippen molar-refractivity contribution in [2.24, 2.45) is 0 Å². The van der Waals surface area contributed by atoms with Crippen LogP contribution in [0.1, 0.15) is 37.3 Å². The summed E-state index contributed by atoms with van der Waals surface area (Å²) in [5.41, 5.74) is 0.426. The smallest absolute Gasteiger partial charge is 0.354 e. The molecule has 0 saturated carbocycles. The normalized spacial score (nSPS) is 20.9. The highest BCUT2D eigenvalue weighted by Crippen LogP contribution is 2.37. The van der Waals surface area contributed by atoms with Gasteiger partial charge in [-0.15, -0.1) is 0 Å². The van der Waals surface area contributed by atoms with Crippen molar-refractivity contribution in [2.75, 3.05) is 18.0 Å². The van der Waals surface area contributed by atoms with Gasteiger partial charge in [-0.1, -0.05) is 12.1 Å². The highest BCUT2D eigenvalue weighted by atomic mass is 32.2. The van der Waals surface area contributed by atoms with Gasteiger partial charge in [0.2, 0.25) is 15.9 Å². The van der Waals surface area contributed by atoms with Crippen LogP contribution in [0.5, 0.6) is 0 Å². The predicted octanol–water partition coefficient (Wildman–Crippen LogP) is 5.61. The van der Waals surface area contributed by atoms with Crippen LogP contribution in [0.2, 0.25) is 0 Å². The maximum absolute atomic E-state index is 14.5. The molecule has 0 bridgehead atoms. The van der Waals surface area contributed by atoms with Gasteiger partial charge in [-0.25, -0.2) is 26.6 Å². The molecular formula is C29H28F6N4O3S. The summed E-state index contributed by atoms with van der Waals surface area (Å²) in [4.78, 5) is 19.4. The van der Waals surface area contributed by atoms with Crippen molar-refractivity contribution in [3.05, 3.63) is 77.6 Å². The number of sulfonamides is 1. The molecule has 2 fully saturated rings. The largest absolute Gasteiger partial charge is 0.416 e. The average molecular weight is 627 g/mol. The Morgan fingerprint density at radius 1 is 1.07 bits per heavy atom. The number of nitrogens with one attached hydrogen (secondary N) is 1. The molecule has 2 aliphatic heterocycles. The second-order valence-corrected chi connectivity index (χ2v) is 12.7. The van der Waals surface area contributed by atoms with E-state index in [0.717, 1.165) is 49.2 Å². The van der Waals surface area contributed by atoms with Crippen molar-refractivity contribution in [3.8, 4) is 11.3 Å². The third-order valence-electron chi connectivity index (χ3n) is 7.64. The van der Waals surface area contributed by atoms with Gasteiger partial charge < -0.3 is 10.2 Å². The number of carbonyl (C=O) groups excluding carboxylic acids is 1. The molecule has 7 nitrogen and oxygen atoms in total. The molecule has 2 aliphatic rings. The summed E-state index contributed by atoms with van der Waals surface area (Å²) in [6.07, 6.45) is -3.73. The van der Waals surface area contributed by atoms with Gasteiger partial charge in [0.05, 0.1) is 22.7 Å². The van der Waals surface area contributed by atoms with Crippen LogP contribution in [0, 0.1) is 5.82 Å². The Labute approximate surface area is 244 Å². The van der Waals surface area contributed by atoms with Crippen LogP contribution >= 0.6 is 0 Å². The maximum Gasteiger partial charge on any atom is 0.416 e. The molecule has 0 spiro atoms. The lowest BCUT2D eigenvalue weighted by Gasteiger charge is -2.25. The van der Waals surface area contributed by atoms with E-state index in [9.17, 15) is 39.6 Å². The Balaban J connectivity index is 1.41. The molecule has 1 aromatic heterocycles. The van der Waals surface area contributed by atoms with Crippen molar-refractivity contribution in [1.29, 1.82) is 0 Å². The summed E-state index contributed by atoms with van der Waals surface area (Å²) in [5, 5.41) is 2.54. The van der Waals surface area contributed by atoms with E-state index < -0.39 is 63.3 Å². The summed E-state index contributed by atoms with van der Waals surface area (Å²) in [6.45, 7) is 1.31. The quantitative estimate of drug-likeness (QED) is 0.345. The van der Waals surface area contributed by atoms with Crippen LogP contribution in [-0.4, -0.2) is 54.7 Å². The standard InChI is InChI=1S/C29H28F6N4O3S/c1-18-3-2-12-38(18)26-14-19(13-24(37-26)20-4-6-21(7-5-20)29(33,34)35)16-36-27(40)25-15-28(31,32)17-39(25)43(41,42)23-10-8-22(30)9-11-23/h4-11,13-14,18,25H,2-3,12,15-17H2,1H3,(H,36,40). The maximum atomic E-state index is 14.5. The molecule has 0 radical (unpaired) electrons. The summed E-state index contributed by atoms with van der Waals surface area (Å²) in [7, 11) is -4.56. The van der Waals surface area contributed by atoms with Crippen molar-refractivity contribution < 1.29 is 39.6 Å². The zero-order chi connectivity index (χ0) is 31.2. The Morgan fingerprint density at radius 3 is 2.35 bits per heavy atom. The fourth-order valence-corrected chi connectivity index (χ4v) is 7.00. The SMILES string of the molecule is CC1CCCN1c1cc(CNC(=O)C2CC(F)(F)CN2S(=O)(=O)c2ccc(F)cc2)cc(-c2ccc(C(F)(F)F)cc2)n1. The lowest BCUT2D eigenvalue weighted by Crippen LogP contribution is -2.45. The van der Waals surface area contributed by atoms with E-state index in [4.69, 9.17) is 0 Å². The highest BCUT2D eigenvalue weighted by molar-refractivity contribution is 7.89. The average Bonchev–Trinajstić information content (AvgIpc) is 3.54. The number of alkyl halides is 5. The minimum absolute atomic E-state index is 0.142. The molecule has 2 aromatic carbocycles. The van der Waals surface area contributed by atoms with Gasteiger partial charge in [0, 0.05) is 31.1 Å². The second kappa shape index (κ2) is 11.5. The first-order chi connectivity index (χ1) is 20.1. The molecule has 2 saturated heterocycles. The molecule has 3 heterocycles. The lowest BCUT2D eigenvalue weighted by atomic mass is 10.1. The number of halogens is 6. The Morgan fingerprint density at radius 2 is 1.74 bits per heavy atom. The van der Waals surface area contributed by atoms with Crippen LogP contribution in [-0.2, 0) is 27.5 Å². The number of amides is 1. The highest BCUT2D eigenvalue weighted by Gasteiger charge is 2.53. The number of hydrogen-bond donors (Lipinski definition) is 1. The van der Waals surface area contributed by atoms with E-state index in [2.05, 4.69) is 10.3 Å². The summed E-state index contributed by atoms with van der Waals surface area (Å²) in [5.74, 6) is -4.59. The summed E-state index contributed by atoms with van der Waals surface area (Å²) in [6, 6.07) is 9.82. The van der Waals surface area contributed by atoms with E-state index in [-0.39, 0.29) is 12.6 Å². The number of anilines is 1. The van der Waals surface area contributed by atoms with Crippen molar-refractivity contribution >= 4 is 21.7 Å². The Hall–Kier alpha value is -3.65. The molecule has 1 N–H and O–H groups in total. The van der Waals surface area contributed by atoms with Crippen molar-refractivity contribution in [3.63, 3.8) is 0 Å². The predicted molar refractivity (Wildman–Crippen MR) is 146 cm³/mol. The zero-order valence-electron chi connectivity index (χ0n) is 22.9. The van der Waals surface area contributed by atoms with Crippen LogP contribution in [0.4, 0.5) is 32.2 Å². The van der Waals surface area contributed by atoms with E-state index in [0.29, 0.717) is 33.5 Å². The molecule has 2 unspecified atom stereocenters. The molecule has 14 heteroatoms. The Bertz CT molecular complexity index is 1600. The summed E-state index contributed by atoms with van der Waals surface area (Å²) >= 11 is 0. The van der Waals surface area contributed by atoms with Gasteiger partial charge in [-0.3, -0.25) is 4.79 Å². The van der Waals surface area contributed by atoms with E-state index in [1.165, 1.54) is 12.1 Å². The topological polar surface area (TPSA) is 82.6 Å². The molecule has 43 heavy (non-hydrogen) atoms. The lowest BCUT2D eigenvalue weighted by molar-refractivity contribution is -0.137. The number of pyridine rings is 1. The number of nitrogens with zero attached hydrogens (tertiary/aromatic N) is 3. The van der Waals surface area contributed by atoms with Crippen LogP contribution in [0.15, 0.2) is 65.6 Å². The molecule has 2 atom stereocenters. The number of aromatic nitrogens is 1. The summed E-state index contributed by atoms with van der Waals surface area (Å²) < 4.78 is 108. The van der Waals surface area contributed by atoms with Gasteiger partial charge in [-0.2, -0.15) is 17.5 Å². The fraction of sp³-hybridized carbons (Fsp3) is 0.379. The monoisotopic (exact) mass is 626 g/mol. The van der Waals surface area contributed by atoms with E-state index >= 15 is 0 Å². The first-order valence-electron chi connectivity index (χ1n) is 13.5. The third-order valence-corrected chi connectivity index (χ3v) is 9.51. The van der Waals surface area contributed by atoms with Crippen LogP contribution < -0.4 is 10.2 Å². The molecule has 3 aromatic rings. The zero-order valence-corrected chi connectivity index (χ0v) is 23.7. The number of benzene rings is 2. The molecule has 1 amide bonds. The van der Waals surface area contributed by atoms with Crippen molar-refractivity contribution in [2.45, 2.75) is 61.8 Å². The molecule has 0 aliphatic carbocycles. The second-order valence-electron chi connectivity index (χ2n) is 10.8. The van der Waals surface area contributed by atoms with Gasteiger partial charge in [0.15, 0.2) is 0 Å². The molecule has 230 valence electrons. The fourth-order valence-electron chi connectivity index (χ4n) is 5.38. The van der Waals surface area contributed by atoms with E-state index in [1.54, 1.807) is 12.1 Å². The van der Waals surface area contributed by atoms with Crippen molar-refractivity contribution in [1.82, 2.24) is 14.6 Å². The Kier molecular flexibility index (Phi) is 8.20. The number of carbonyl (C=O) groups is 1. The third kappa shape index (κ3) is 6.64. The minimum Gasteiger partial charge on any atom is -0.354 e. The van der Waals surface area contributed by atoms with Crippen LogP contribution in [0.3, 0.4) is 0 Å². The number of hydrogen-bond acceptors (Lipinski definition) is 5. The van der Waals surface area contributed by atoms with Gasteiger partial charge in [0.1, 0.15) is 17.7 Å². The van der Waals surface area contributed by atoms with E-state index in [1.807, 2.05) is 11.8 Å². The van der Waals surface area contributed by atoms with Gasteiger partial charge >= 0.3 is 6.18 Å². The first-order valence-corrected chi connectivity index (χ1v) is 15.0. The van der Waals surface area contributed by atoms with Crippen LogP contribution in [0.25, 0.3) is 11.3 Å². The minimum atomic E-state index is -4.56. The van der Waals surface area contributed by atoms with Gasteiger partial charge in [-0.05, 0) is 73.9 Å². The first kappa shape index (κ1) is 30.8. The number of rotatable bonds is 7. The molecule has 5 rings (SSSR count).